The zero-order valence-corrected chi connectivity index (χ0v) is 16.6. The third-order valence-electron chi connectivity index (χ3n) is 4.81. The molecule has 1 atom stereocenters. The highest BCUT2D eigenvalue weighted by Crippen LogP contribution is 2.30. The average molecular weight is 398 g/mol. The second-order valence-corrected chi connectivity index (χ2v) is 8.19. The molecule has 1 N–H and O–H groups in total. The van der Waals surface area contributed by atoms with Gasteiger partial charge in [-0.1, -0.05) is 12.1 Å². The molecule has 0 spiro atoms. The molecule has 1 aromatic carbocycles. The number of amides is 1. The van der Waals surface area contributed by atoms with E-state index in [1.165, 1.54) is 16.3 Å². The number of aromatic nitrogens is 5. The molecule has 2 aromatic heterocycles. The second kappa shape index (κ2) is 7.40. The highest BCUT2D eigenvalue weighted by molar-refractivity contribution is 7.05. The number of benzene rings is 1. The van der Waals surface area contributed by atoms with Crippen LogP contribution in [0.15, 0.2) is 36.7 Å². The van der Waals surface area contributed by atoms with Gasteiger partial charge in [0.25, 0.3) is 5.91 Å². The van der Waals surface area contributed by atoms with Crippen LogP contribution in [0.3, 0.4) is 0 Å². The van der Waals surface area contributed by atoms with Crippen molar-refractivity contribution in [3.05, 3.63) is 53.1 Å². The first-order valence-corrected chi connectivity index (χ1v) is 10.0. The van der Waals surface area contributed by atoms with Gasteiger partial charge in [-0.2, -0.15) is 19.4 Å². The maximum atomic E-state index is 13.2. The second-order valence-electron chi connectivity index (χ2n) is 7.44. The first kappa shape index (κ1) is 18.7. The van der Waals surface area contributed by atoms with Crippen LogP contribution in [0.25, 0.3) is 5.69 Å². The summed E-state index contributed by atoms with van der Waals surface area (Å²) in [4.78, 5) is 21.1. The molecule has 146 valence electrons. The van der Waals surface area contributed by atoms with Crippen molar-refractivity contribution in [2.75, 3.05) is 13.1 Å². The van der Waals surface area contributed by atoms with E-state index in [4.69, 9.17) is 0 Å². The topological polar surface area (TPSA) is 97.0 Å². The fourth-order valence-electron chi connectivity index (χ4n) is 3.36. The fourth-order valence-corrected chi connectivity index (χ4v) is 4.09. The summed E-state index contributed by atoms with van der Waals surface area (Å²) in [5, 5.41) is 19.0. The number of piperidine rings is 1. The number of hydrogen-bond donors (Lipinski definition) is 1. The smallest absolute Gasteiger partial charge is 0.256 e. The number of hydrogen-bond acceptors (Lipinski definition) is 7. The van der Waals surface area contributed by atoms with E-state index in [-0.39, 0.29) is 11.8 Å². The molecule has 1 aliphatic rings. The lowest BCUT2D eigenvalue weighted by Crippen LogP contribution is -2.39. The molecular formula is C19H22N6O2S. The Balaban J connectivity index is 1.56. The van der Waals surface area contributed by atoms with E-state index in [0.29, 0.717) is 35.2 Å². The van der Waals surface area contributed by atoms with Gasteiger partial charge in [0.05, 0.1) is 23.6 Å². The maximum Gasteiger partial charge on any atom is 0.256 e. The first-order valence-electron chi connectivity index (χ1n) is 9.25. The number of likely N-dealkylation sites (tertiary alicyclic amines) is 1. The van der Waals surface area contributed by atoms with Gasteiger partial charge >= 0.3 is 0 Å². The van der Waals surface area contributed by atoms with Crippen molar-refractivity contribution in [1.82, 2.24) is 29.3 Å². The Kier molecular flexibility index (Phi) is 4.94. The summed E-state index contributed by atoms with van der Waals surface area (Å²) in [5.41, 5.74) is 0.231. The molecule has 4 rings (SSSR count). The predicted molar refractivity (Wildman–Crippen MR) is 104 cm³/mol. The Morgan fingerprint density at radius 1 is 1.25 bits per heavy atom. The van der Waals surface area contributed by atoms with Crippen molar-refractivity contribution in [3.8, 4) is 5.69 Å². The summed E-state index contributed by atoms with van der Waals surface area (Å²) < 4.78 is 4.44. The average Bonchev–Trinajstić information content (AvgIpc) is 3.39. The van der Waals surface area contributed by atoms with E-state index in [1.54, 1.807) is 32.3 Å². The highest BCUT2D eigenvalue weighted by Gasteiger charge is 2.31. The molecule has 0 bridgehead atoms. The van der Waals surface area contributed by atoms with Gasteiger partial charge in [0.15, 0.2) is 0 Å². The normalized spacial score (nSPS) is 17.7. The first-order chi connectivity index (χ1) is 13.4. The largest absolute Gasteiger partial charge is 0.383 e. The number of aliphatic hydroxyl groups is 1. The van der Waals surface area contributed by atoms with E-state index >= 15 is 0 Å². The van der Waals surface area contributed by atoms with Gasteiger partial charge < -0.3 is 10.0 Å². The van der Waals surface area contributed by atoms with Crippen molar-refractivity contribution in [2.24, 2.45) is 0 Å². The molecule has 3 heterocycles. The molecule has 9 heteroatoms. The predicted octanol–water partition coefficient (Wildman–Crippen LogP) is 2.37. The van der Waals surface area contributed by atoms with E-state index in [1.807, 2.05) is 23.1 Å². The summed E-state index contributed by atoms with van der Waals surface area (Å²) >= 11 is 1.22. The van der Waals surface area contributed by atoms with Crippen LogP contribution < -0.4 is 0 Å². The van der Waals surface area contributed by atoms with Crippen molar-refractivity contribution in [1.29, 1.82) is 0 Å². The van der Waals surface area contributed by atoms with Crippen LogP contribution in [0.2, 0.25) is 0 Å². The van der Waals surface area contributed by atoms with E-state index < -0.39 is 5.60 Å². The van der Waals surface area contributed by atoms with Gasteiger partial charge in [-0.25, -0.2) is 4.98 Å². The Morgan fingerprint density at radius 2 is 2.00 bits per heavy atom. The fraction of sp³-hybridized carbons (Fsp3) is 0.421. The van der Waals surface area contributed by atoms with Crippen LogP contribution in [0, 0.1) is 0 Å². The lowest BCUT2D eigenvalue weighted by atomic mass is 9.96. The van der Waals surface area contributed by atoms with Crippen LogP contribution in [0.5, 0.6) is 0 Å². The minimum Gasteiger partial charge on any atom is -0.383 e. The quantitative estimate of drug-likeness (QED) is 0.725. The molecule has 1 aliphatic heterocycles. The molecule has 1 saturated heterocycles. The lowest BCUT2D eigenvalue weighted by molar-refractivity contribution is 0.0698. The van der Waals surface area contributed by atoms with Crippen molar-refractivity contribution in [3.63, 3.8) is 0 Å². The summed E-state index contributed by atoms with van der Waals surface area (Å²) in [6.07, 6.45) is 4.99. The molecule has 0 radical (unpaired) electrons. The number of nitrogens with zero attached hydrogens (tertiary/aromatic N) is 6. The molecule has 1 fully saturated rings. The van der Waals surface area contributed by atoms with Crippen molar-refractivity contribution in [2.45, 2.75) is 38.2 Å². The number of carbonyl (C=O) groups excluding carboxylic acids is 1. The molecular weight excluding hydrogens is 376 g/mol. The Labute approximate surface area is 167 Å². The van der Waals surface area contributed by atoms with Gasteiger partial charge in [-0.3, -0.25) is 4.79 Å². The SMILES string of the molecule is CC(C)(O)c1nc(C2CCCN(C(=O)c3ccccc3-n3nccn3)C2)ns1. The minimum atomic E-state index is -1.00. The third-order valence-corrected chi connectivity index (χ3v) is 5.85. The van der Waals surface area contributed by atoms with Gasteiger partial charge in [-0.05, 0) is 50.4 Å². The zero-order chi connectivity index (χ0) is 19.7. The minimum absolute atomic E-state index is 0.0458. The Hall–Kier alpha value is -2.65. The van der Waals surface area contributed by atoms with E-state index in [2.05, 4.69) is 19.6 Å². The number of carbonyl (C=O) groups is 1. The van der Waals surface area contributed by atoms with E-state index in [0.717, 1.165) is 12.8 Å². The van der Waals surface area contributed by atoms with Crippen LogP contribution in [-0.2, 0) is 5.60 Å². The molecule has 8 nitrogen and oxygen atoms in total. The molecule has 1 amide bonds. The van der Waals surface area contributed by atoms with Crippen LogP contribution in [-0.4, -0.2) is 53.4 Å². The Bertz CT molecular complexity index is 963. The van der Waals surface area contributed by atoms with Gasteiger partial charge in [0.2, 0.25) is 0 Å². The van der Waals surface area contributed by atoms with Gasteiger partial charge in [0, 0.05) is 19.0 Å². The van der Waals surface area contributed by atoms with Gasteiger partial charge in [-0.15, -0.1) is 0 Å². The summed E-state index contributed by atoms with van der Waals surface area (Å²) in [6, 6.07) is 7.36. The van der Waals surface area contributed by atoms with Crippen molar-refractivity contribution >= 4 is 17.4 Å². The monoisotopic (exact) mass is 398 g/mol. The third kappa shape index (κ3) is 3.67. The highest BCUT2D eigenvalue weighted by atomic mass is 32.1. The summed E-state index contributed by atoms with van der Waals surface area (Å²) in [5.74, 6) is 0.734. The molecule has 3 aromatic rings. The van der Waals surface area contributed by atoms with Crippen LogP contribution in [0.4, 0.5) is 0 Å². The standard InChI is InChI=1S/C19H22N6O2S/c1-19(2,27)18-22-16(23-28-18)13-6-5-11-24(12-13)17(26)14-7-3-4-8-15(14)25-20-9-10-21-25/h3-4,7-10,13,27H,5-6,11-12H2,1-2H3. The molecule has 0 aliphatic carbocycles. The molecule has 1 unspecified atom stereocenters. The maximum absolute atomic E-state index is 13.2. The van der Waals surface area contributed by atoms with Crippen LogP contribution >= 0.6 is 11.5 Å². The Morgan fingerprint density at radius 3 is 2.71 bits per heavy atom. The number of para-hydroxylation sites is 1. The van der Waals surface area contributed by atoms with E-state index in [9.17, 15) is 9.90 Å². The molecule has 0 saturated carbocycles. The number of rotatable bonds is 4. The molecule has 28 heavy (non-hydrogen) atoms. The van der Waals surface area contributed by atoms with Crippen LogP contribution in [0.1, 0.15) is 53.8 Å². The lowest BCUT2D eigenvalue weighted by Gasteiger charge is -2.32. The van der Waals surface area contributed by atoms with Gasteiger partial charge in [0.1, 0.15) is 16.4 Å². The zero-order valence-electron chi connectivity index (χ0n) is 15.8. The van der Waals surface area contributed by atoms with Crippen molar-refractivity contribution < 1.29 is 9.90 Å². The summed E-state index contributed by atoms with van der Waals surface area (Å²) in [6.45, 7) is 4.66. The summed E-state index contributed by atoms with van der Waals surface area (Å²) in [7, 11) is 0.